The highest BCUT2D eigenvalue weighted by Gasteiger charge is 2.20. The van der Waals surface area contributed by atoms with Crippen molar-refractivity contribution in [3.8, 4) is 11.6 Å². The first kappa shape index (κ1) is 23.4. The van der Waals surface area contributed by atoms with E-state index in [0.29, 0.717) is 17.9 Å². The Balaban J connectivity index is 1.41. The molecule has 0 radical (unpaired) electrons. The number of ether oxygens (including phenoxy) is 1. The summed E-state index contributed by atoms with van der Waals surface area (Å²) < 4.78 is 35.2. The van der Waals surface area contributed by atoms with E-state index < -0.39 is 11.6 Å². The number of anilines is 4. The predicted octanol–water partition coefficient (Wildman–Crippen LogP) is 3.80. The lowest BCUT2D eigenvalue weighted by Gasteiger charge is -2.33. The number of H-pyrrole nitrogens is 1. The molecule has 0 saturated carbocycles. The van der Waals surface area contributed by atoms with Crippen molar-refractivity contribution in [2.45, 2.75) is 6.92 Å². The van der Waals surface area contributed by atoms with Crippen molar-refractivity contribution in [1.82, 2.24) is 24.8 Å². The number of nitrogens with one attached hydrogen (secondary N) is 3. The number of aromatic amines is 1. The summed E-state index contributed by atoms with van der Waals surface area (Å²) in [4.78, 5) is 31.2. The third kappa shape index (κ3) is 4.62. The molecular weight excluding hydrogens is 470 g/mol. The van der Waals surface area contributed by atoms with Crippen molar-refractivity contribution < 1.29 is 18.3 Å². The summed E-state index contributed by atoms with van der Waals surface area (Å²) in [5.41, 5.74) is 1.68. The molecule has 1 amide bonds. The molecule has 1 saturated heterocycles. The zero-order chi connectivity index (χ0) is 25.2. The molecule has 12 heteroatoms. The van der Waals surface area contributed by atoms with E-state index in [1.807, 2.05) is 6.07 Å². The largest absolute Gasteiger partial charge is 0.434 e. The number of nitrogens with zero attached hydrogens (tertiary/aromatic N) is 5. The third-order valence-electron chi connectivity index (χ3n) is 5.99. The molecule has 0 unspecified atom stereocenters. The predicted molar refractivity (Wildman–Crippen MR) is 132 cm³/mol. The number of hydrogen-bond donors (Lipinski definition) is 3. The van der Waals surface area contributed by atoms with Crippen molar-refractivity contribution in [1.29, 1.82) is 0 Å². The number of aromatic nitrogens is 4. The van der Waals surface area contributed by atoms with Gasteiger partial charge in [0.15, 0.2) is 23.2 Å². The summed E-state index contributed by atoms with van der Waals surface area (Å²) >= 11 is 0. The lowest BCUT2D eigenvalue weighted by Crippen LogP contribution is -2.44. The summed E-state index contributed by atoms with van der Waals surface area (Å²) in [6.45, 7) is 5.48. The summed E-state index contributed by atoms with van der Waals surface area (Å²) in [5, 5.41) is 5.53. The Hall–Kier alpha value is -4.32. The molecule has 10 nitrogen and oxygen atoms in total. The van der Waals surface area contributed by atoms with Gasteiger partial charge in [-0.2, -0.15) is 4.98 Å². The minimum atomic E-state index is -0.762. The second-order valence-corrected chi connectivity index (χ2v) is 8.50. The number of fused-ring (bicyclic) bond motifs is 1. The summed E-state index contributed by atoms with van der Waals surface area (Å²) in [7, 11) is 2.09. The van der Waals surface area contributed by atoms with Gasteiger partial charge in [-0.05, 0) is 32.2 Å². The Morgan fingerprint density at radius 1 is 1.11 bits per heavy atom. The van der Waals surface area contributed by atoms with Gasteiger partial charge in [-0.15, -0.1) is 0 Å². The molecular formula is C24H24F2N8O2. The molecule has 0 bridgehead atoms. The number of halogens is 2. The van der Waals surface area contributed by atoms with E-state index in [4.69, 9.17) is 4.74 Å². The standard InChI is InChI=1S/C24H24F2N8O2/c1-14-9-16-20(26)18(10-17(25)21(16)31-14)36-24-22(30-13-35)23(28-12-29-24)32-19-4-3-15(11-27-19)34-7-5-33(2)6-8-34/h3-4,9-13,31H,5-8H2,1-2H3,(H,30,35)(H,27,28,29,32). The van der Waals surface area contributed by atoms with Gasteiger partial charge < -0.3 is 30.2 Å². The van der Waals surface area contributed by atoms with Gasteiger partial charge in [0.25, 0.3) is 0 Å². The van der Waals surface area contributed by atoms with Gasteiger partial charge >= 0.3 is 0 Å². The minimum Gasteiger partial charge on any atom is -0.434 e. The minimum absolute atomic E-state index is 0.0414. The molecule has 3 aromatic heterocycles. The van der Waals surface area contributed by atoms with Crippen LogP contribution in [0.3, 0.4) is 0 Å². The maximum atomic E-state index is 15.0. The molecule has 4 aromatic rings. The highest BCUT2D eigenvalue weighted by atomic mass is 19.1. The van der Waals surface area contributed by atoms with Crippen molar-refractivity contribution in [3.63, 3.8) is 0 Å². The van der Waals surface area contributed by atoms with Crippen LogP contribution >= 0.6 is 0 Å². The zero-order valence-electron chi connectivity index (χ0n) is 19.7. The molecule has 1 aliphatic heterocycles. The van der Waals surface area contributed by atoms with E-state index in [-0.39, 0.29) is 34.0 Å². The molecule has 0 aliphatic carbocycles. The molecule has 186 valence electrons. The highest BCUT2D eigenvalue weighted by molar-refractivity contribution is 5.85. The number of amides is 1. The first-order valence-corrected chi connectivity index (χ1v) is 11.3. The van der Waals surface area contributed by atoms with Gasteiger partial charge in [-0.25, -0.2) is 18.7 Å². The number of rotatable bonds is 7. The molecule has 1 aromatic carbocycles. The number of pyridine rings is 1. The average Bonchev–Trinajstić information content (AvgIpc) is 3.28. The van der Waals surface area contributed by atoms with Crippen molar-refractivity contribution >= 4 is 40.3 Å². The summed E-state index contributed by atoms with van der Waals surface area (Å²) in [6, 6.07) is 6.14. The molecule has 0 spiro atoms. The molecule has 1 fully saturated rings. The van der Waals surface area contributed by atoms with E-state index >= 15 is 4.39 Å². The Labute approximate surface area is 205 Å². The van der Waals surface area contributed by atoms with Crippen LogP contribution in [0.25, 0.3) is 10.9 Å². The Kier molecular flexibility index (Phi) is 6.34. The number of carbonyl (C=O) groups is 1. The topological polar surface area (TPSA) is 111 Å². The van der Waals surface area contributed by atoms with Gasteiger partial charge in [0.1, 0.15) is 17.8 Å². The fourth-order valence-corrected chi connectivity index (χ4v) is 4.08. The molecule has 3 N–H and O–H groups in total. The van der Waals surface area contributed by atoms with Gasteiger partial charge in [0.05, 0.1) is 17.4 Å². The van der Waals surface area contributed by atoms with Crippen LogP contribution in [0, 0.1) is 18.6 Å². The molecule has 4 heterocycles. The fraction of sp³-hybridized carbons (Fsp3) is 0.250. The number of benzene rings is 1. The quantitative estimate of drug-likeness (QED) is 0.333. The molecule has 1 aliphatic rings. The number of likely N-dealkylation sites (N-methyl/N-ethyl adjacent to an activating group) is 1. The molecule has 0 atom stereocenters. The Bertz CT molecular complexity index is 1400. The summed E-state index contributed by atoms with van der Waals surface area (Å²) in [5.74, 6) is -1.36. The van der Waals surface area contributed by atoms with Crippen LogP contribution in [0.15, 0.2) is 36.8 Å². The van der Waals surface area contributed by atoms with Crippen LogP contribution in [-0.4, -0.2) is 64.5 Å². The first-order valence-electron chi connectivity index (χ1n) is 11.3. The van der Waals surface area contributed by atoms with Crippen LogP contribution in [-0.2, 0) is 4.79 Å². The van der Waals surface area contributed by atoms with Gasteiger partial charge in [0.2, 0.25) is 12.3 Å². The van der Waals surface area contributed by atoms with E-state index in [1.165, 1.54) is 12.4 Å². The second kappa shape index (κ2) is 9.74. The van der Waals surface area contributed by atoms with Crippen molar-refractivity contribution in [3.05, 3.63) is 54.1 Å². The van der Waals surface area contributed by atoms with E-state index in [0.717, 1.165) is 37.9 Å². The smallest absolute Gasteiger partial charge is 0.248 e. The van der Waals surface area contributed by atoms with E-state index in [9.17, 15) is 9.18 Å². The monoisotopic (exact) mass is 494 g/mol. The number of aryl methyl sites for hydroxylation is 1. The van der Waals surface area contributed by atoms with Crippen molar-refractivity contribution in [2.24, 2.45) is 0 Å². The highest BCUT2D eigenvalue weighted by Crippen LogP contribution is 2.37. The first-order chi connectivity index (χ1) is 17.4. The van der Waals surface area contributed by atoms with Crippen LogP contribution < -0.4 is 20.3 Å². The maximum Gasteiger partial charge on any atom is 0.248 e. The van der Waals surface area contributed by atoms with Crippen molar-refractivity contribution in [2.75, 3.05) is 48.8 Å². The molecule has 36 heavy (non-hydrogen) atoms. The van der Waals surface area contributed by atoms with Gasteiger partial charge in [-0.3, -0.25) is 4.79 Å². The SMILES string of the molecule is Cc1cc2c(F)c(Oc3ncnc(Nc4ccc(N5CCN(C)CC5)cn4)c3NC=O)cc(F)c2[nH]1. The van der Waals surface area contributed by atoms with Crippen LogP contribution in [0.4, 0.5) is 31.8 Å². The van der Waals surface area contributed by atoms with Crippen LogP contribution in [0.2, 0.25) is 0 Å². The zero-order valence-corrected chi connectivity index (χ0v) is 19.7. The molecule has 5 rings (SSSR count). The lowest BCUT2D eigenvalue weighted by atomic mass is 10.2. The maximum absolute atomic E-state index is 15.0. The van der Waals surface area contributed by atoms with Crippen LogP contribution in [0.1, 0.15) is 5.69 Å². The number of piperazine rings is 1. The number of hydrogen-bond acceptors (Lipinski definition) is 8. The average molecular weight is 495 g/mol. The second-order valence-electron chi connectivity index (χ2n) is 8.50. The lowest BCUT2D eigenvalue weighted by molar-refractivity contribution is -0.105. The van der Waals surface area contributed by atoms with Gasteiger partial charge in [0, 0.05) is 43.3 Å². The summed E-state index contributed by atoms with van der Waals surface area (Å²) in [6.07, 6.45) is 3.35. The van der Waals surface area contributed by atoms with E-state index in [2.05, 4.69) is 47.4 Å². The Morgan fingerprint density at radius 2 is 1.92 bits per heavy atom. The fourth-order valence-electron chi connectivity index (χ4n) is 4.08. The van der Waals surface area contributed by atoms with Gasteiger partial charge in [-0.1, -0.05) is 0 Å². The Morgan fingerprint density at radius 3 is 2.64 bits per heavy atom. The normalized spacial score (nSPS) is 14.2. The number of carbonyl (C=O) groups excluding carboxylic acids is 1. The van der Waals surface area contributed by atoms with Crippen LogP contribution in [0.5, 0.6) is 11.6 Å². The third-order valence-corrected chi connectivity index (χ3v) is 5.99. The van der Waals surface area contributed by atoms with E-state index in [1.54, 1.807) is 19.2 Å².